The summed E-state index contributed by atoms with van der Waals surface area (Å²) in [6.45, 7) is 1.04. The normalized spacial score (nSPS) is 21.3. The molecule has 21 heavy (non-hydrogen) atoms. The van der Waals surface area contributed by atoms with Gasteiger partial charge in [-0.1, -0.05) is 0 Å². The van der Waals surface area contributed by atoms with Crippen molar-refractivity contribution in [1.82, 2.24) is 14.6 Å². The number of nitrogens with zero attached hydrogens (tertiary/aromatic N) is 3. The summed E-state index contributed by atoms with van der Waals surface area (Å²) in [4.78, 5) is 22.8. The topological polar surface area (TPSA) is 92.8 Å². The molecule has 3 rings (SSSR count). The molecule has 112 valence electrons. The first-order valence-electron chi connectivity index (χ1n) is 6.38. The van der Waals surface area contributed by atoms with Crippen LogP contribution in [0.2, 0.25) is 0 Å². The molecule has 0 aliphatic carbocycles. The minimum absolute atomic E-state index is 0.165. The van der Waals surface area contributed by atoms with Gasteiger partial charge >= 0.3 is 5.97 Å². The van der Waals surface area contributed by atoms with Gasteiger partial charge < -0.3 is 9.64 Å². The van der Waals surface area contributed by atoms with E-state index in [0.29, 0.717) is 18.7 Å². The molecule has 1 saturated heterocycles. The van der Waals surface area contributed by atoms with E-state index in [1.807, 2.05) is 10.3 Å². The van der Waals surface area contributed by atoms with Crippen LogP contribution >= 0.6 is 23.5 Å². The first kappa shape index (κ1) is 14.5. The molecule has 0 bridgehead atoms. The highest BCUT2D eigenvalue weighted by Gasteiger charge is 2.37. The second-order valence-electron chi connectivity index (χ2n) is 4.64. The Morgan fingerprint density at radius 3 is 3.19 bits per heavy atom. The highest BCUT2D eigenvalue weighted by molar-refractivity contribution is 7.95. The fraction of sp³-hybridized carbons (Fsp3) is 0.417. The Balaban J connectivity index is 1.94. The van der Waals surface area contributed by atoms with E-state index < -0.39 is 0 Å². The number of aromatic nitrogens is 1. The van der Waals surface area contributed by atoms with Crippen LogP contribution in [0.4, 0.5) is 0 Å². The number of amidine groups is 1. The summed E-state index contributed by atoms with van der Waals surface area (Å²) < 4.78 is 8.00. The van der Waals surface area contributed by atoms with Crippen molar-refractivity contribution in [2.24, 2.45) is 10.1 Å². The molecule has 0 unspecified atom stereocenters. The molecule has 2 aliphatic heterocycles. The van der Waals surface area contributed by atoms with Crippen molar-refractivity contribution in [2.75, 3.05) is 20.2 Å². The van der Waals surface area contributed by atoms with Gasteiger partial charge in [0.2, 0.25) is 0 Å². The van der Waals surface area contributed by atoms with Crippen molar-refractivity contribution >= 4 is 35.3 Å². The lowest BCUT2D eigenvalue weighted by molar-refractivity contribution is -0.136. The number of carbonyl (C=O) groups excluding carboxylic acids is 1. The molecule has 0 radical (unpaired) electrons. The molecule has 1 atom stereocenters. The Bertz CT molecular complexity index is 599. The Morgan fingerprint density at radius 2 is 2.52 bits per heavy atom. The van der Waals surface area contributed by atoms with Gasteiger partial charge in [-0.05, 0) is 0 Å². The van der Waals surface area contributed by atoms with Crippen LogP contribution in [0, 0.1) is 0 Å². The van der Waals surface area contributed by atoms with Crippen molar-refractivity contribution < 1.29 is 9.53 Å². The number of hydrogen-bond donors (Lipinski definition) is 2. The number of aliphatic imine (C=N–C) groups is 1. The van der Waals surface area contributed by atoms with E-state index in [-0.39, 0.29) is 12.0 Å². The zero-order chi connectivity index (χ0) is 14.8. The highest BCUT2D eigenvalue weighted by Crippen LogP contribution is 2.31. The molecule has 0 amide bonds. The monoisotopic (exact) mass is 325 g/mol. The number of ether oxygens (including phenoxy) is 1. The van der Waals surface area contributed by atoms with Crippen LogP contribution in [0.15, 0.2) is 27.8 Å². The van der Waals surface area contributed by atoms with Crippen molar-refractivity contribution in [2.45, 2.75) is 12.5 Å². The van der Waals surface area contributed by atoms with Gasteiger partial charge in [-0.25, -0.2) is 14.5 Å². The average molecular weight is 325 g/mol. The quantitative estimate of drug-likeness (QED) is 0.615. The number of thiazole rings is 1. The van der Waals surface area contributed by atoms with Gasteiger partial charge in [-0.3, -0.25) is 10.1 Å². The summed E-state index contributed by atoms with van der Waals surface area (Å²) in [6, 6.07) is 0.165. The number of hydrogen-bond acceptors (Lipinski definition) is 9. The number of methoxy groups -OCH3 is 1. The van der Waals surface area contributed by atoms with Gasteiger partial charge in [0.25, 0.3) is 0 Å². The molecule has 3 heterocycles. The van der Waals surface area contributed by atoms with Gasteiger partial charge in [0, 0.05) is 48.4 Å². The largest absolute Gasteiger partial charge is 0.466 e. The minimum Gasteiger partial charge on any atom is -0.466 e. The highest BCUT2D eigenvalue weighted by atomic mass is 32.2. The summed E-state index contributed by atoms with van der Waals surface area (Å²) >= 11 is 2.63. The molecule has 0 aromatic carbocycles. The molecular formula is C12H15N5O2S2. The summed E-state index contributed by atoms with van der Waals surface area (Å²) in [6.07, 6.45) is 2.47. The van der Waals surface area contributed by atoms with Gasteiger partial charge in [-0.15, -0.1) is 11.3 Å². The van der Waals surface area contributed by atoms with E-state index in [2.05, 4.69) is 14.7 Å². The number of nitrogens with one attached hydrogen (secondary N) is 1. The SMILES string of the molecule is COC(=O)C1=C2C[C@H](NSN)CN2C(c2nccs2)=NC1. The van der Waals surface area contributed by atoms with E-state index >= 15 is 0 Å². The maximum Gasteiger partial charge on any atom is 0.337 e. The molecule has 1 aromatic rings. The number of esters is 1. The van der Waals surface area contributed by atoms with Crippen LogP contribution in [0.25, 0.3) is 0 Å². The lowest BCUT2D eigenvalue weighted by Gasteiger charge is -2.26. The summed E-state index contributed by atoms with van der Waals surface area (Å²) in [7, 11) is 1.39. The van der Waals surface area contributed by atoms with Crippen LogP contribution < -0.4 is 9.86 Å². The van der Waals surface area contributed by atoms with Crippen LogP contribution in [0.1, 0.15) is 11.4 Å². The molecule has 7 nitrogen and oxygen atoms in total. The summed E-state index contributed by atoms with van der Waals surface area (Å²) in [5.41, 5.74) is 1.57. The Kier molecular flexibility index (Phi) is 4.24. The van der Waals surface area contributed by atoms with Gasteiger partial charge in [0.15, 0.2) is 10.8 Å². The molecule has 3 N–H and O–H groups in total. The molecule has 0 spiro atoms. The first-order chi connectivity index (χ1) is 10.2. The lowest BCUT2D eigenvalue weighted by atomic mass is 10.1. The van der Waals surface area contributed by atoms with E-state index in [1.165, 1.54) is 18.4 Å². The van der Waals surface area contributed by atoms with Crippen molar-refractivity contribution in [3.8, 4) is 0 Å². The van der Waals surface area contributed by atoms with Crippen LogP contribution in [-0.2, 0) is 9.53 Å². The van der Waals surface area contributed by atoms with Gasteiger partial charge in [0.1, 0.15) is 0 Å². The van der Waals surface area contributed by atoms with E-state index in [4.69, 9.17) is 9.88 Å². The minimum atomic E-state index is -0.321. The number of carbonyl (C=O) groups is 1. The molecule has 9 heteroatoms. The fourth-order valence-electron chi connectivity index (χ4n) is 2.57. The zero-order valence-corrected chi connectivity index (χ0v) is 13.0. The lowest BCUT2D eigenvalue weighted by Crippen LogP contribution is -2.36. The molecule has 1 fully saturated rings. The maximum atomic E-state index is 11.9. The van der Waals surface area contributed by atoms with Crippen LogP contribution in [-0.4, -0.2) is 47.9 Å². The molecule has 0 saturated carbocycles. The summed E-state index contributed by atoms with van der Waals surface area (Å²) in [5, 5.41) is 8.26. The molecule has 1 aromatic heterocycles. The second-order valence-corrected chi connectivity index (χ2v) is 6.01. The zero-order valence-electron chi connectivity index (χ0n) is 11.4. The number of nitrogens with two attached hydrogens (primary N) is 1. The average Bonchev–Trinajstić information content (AvgIpc) is 3.14. The maximum absolute atomic E-state index is 11.9. The Labute approximate surface area is 130 Å². The second kappa shape index (κ2) is 6.14. The third kappa shape index (κ3) is 2.69. The van der Waals surface area contributed by atoms with Crippen LogP contribution in [0.5, 0.6) is 0 Å². The molecule has 2 aliphatic rings. The third-order valence-electron chi connectivity index (χ3n) is 3.45. The van der Waals surface area contributed by atoms with Crippen molar-refractivity contribution in [3.63, 3.8) is 0 Å². The van der Waals surface area contributed by atoms with Gasteiger partial charge in [0.05, 0.1) is 19.2 Å². The van der Waals surface area contributed by atoms with E-state index in [0.717, 1.165) is 35.1 Å². The standard InChI is InChI=1S/C12H15N5O2S2/c1-19-12(18)8-5-15-10(11-14-2-3-20-11)17-6-7(16-21-13)4-9(8)17/h2-3,7,16H,4-6,13H2,1H3/t7-/m0/s1. The fourth-order valence-corrected chi connectivity index (χ4v) is 3.57. The smallest absolute Gasteiger partial charge is 0.337 e. The van der Waals surface area contributed by atoms with Gasteiger partial charge in [-0.2, -0.15) is 0 Å². The Morgan fingerprint density at radius 1 is 1.67 bits per heavy atom. The molecular weight excluding hydrogens is 310 g/mol. The Hall–Kier alpha value is -1.42. The van der Waals surface area contributed by atoms with E-state index in [1.54, 1.807) is 6.20 Å². The first-order valence-corrected chi connectivity index (χ1v) is 8.14. The van der Waals surface area contributed by atoms with Crippen molar-refractivity contribution in [1.29, 1.82) is 0 Å². The predicted molar refractivity (Wildman–Crippen MR) is 82.6 cm³/mol. The van der Waals surface area contributed by atoms with E-state index in [9.17, 15) is 4.79 Å². The number of rotatable bonds is 4. The third-order valence-corrected chi connectivity index (χ3v) is 4.69. The number of fused-ring (bicyclic) bond motifs is 1. The predicted octanol–water partition coefficient (Wildman–Crippen LogP) is 0.516. The van der Waals surface area contributed by atoms with Crippen molar-refractivity contribution in [3.05, 3.63) is 27.9 Å². The summed E-state index contributed by atoms with van der Waals surface area (Å²) in [5.74, 6) is 0.497. The van der Waals surface area contributed by atoms with Crippen LogP contribution in [0.3, 0.4) is 0 Å².